The van der Waals surface area contributed by atoms with Gasteiger partial charge in [0.1, 0.15) is 5.82 Å². The van der Waals surface area contributed by atoms with Crippen molar-refractivity contribution in [1.82, 2.24) is 5.32 Å². The van der Waals surface area contributed by atoms with E-state index < -0.39 is 0 Å². The van der Waals surface area contributed by atoms with Crippen molar-refractivity contribution in [1.29, 1.82) is 0 Å². The summed E-state index contributed by atoms with van der Waals surface area (Å²) in [6, 6.07) is 4.65. The normalized spacial score (nSPS) is 20.0. The van der Waals surface area contributed by atoms with E-state index in [0.717, 1.165) is 23.6 Å². The molecule has 0 aromatic heterocycles. The van der Waals surface area contributed by atoms with E-state index in [-0.39, 0.29) is 11.9 Å². The van der Waals surface area contributed by atoms with Gasteiger partial charge < -0.3 is 10.2 Å². The molecule has 0 aliphatic heterocycles. The fourth-order valence-electron chi connectivity index (χ4n) is 2.84. The van der Waals surface area contributed by atoms with Crippen LogP contribution < -0.4 is 10.2 Å². The summed E-state index contributed by atoms with van der Waals surface area (Å²) in [5.74, 6) is 0.770. The van der Waals surface area contributed by atoms with E-state index in [1.54, 1.807) is 6.07 Å². The predicted octanol–water partition coefficient (Wildman–Crippen LogP) is 3.79. The van der Waals surface area contributed by atoms with Crippen molar-refractivity contribution < 1.29 is 4.39 Å². The lowest BCUT2D eigenvalue weighted by Crippen LogP contribution is -2.30. The van der Waals surface area contributed by atoms with Crippen LogP contribution in [0.5, 0.6) is 0 Å². The molecule has 2 saturated carbocycles. The number of hydrogen-bond acceptors (Lipinski definition) is 2. The fourth-order valence-corrected chi connectivity index (χ4v) is 2.84. The number of rotatable bonds is 6. The largest absolute Gasteiger partial charge is 0.368 e. The van der Waals surface area contributed by atoms with E-state index in [9.17, 15) is 4.39 Å². The number of benzene rings is 1. The SMILES string of the molecule is CNC(C)c1cc(F)c(C)cc1N(CC1CC1)C1CC1. The highest BCUT2D eigenvalue weighted by molar-refractivity contribution is 5.58. The first kappa shape index (κ1) is 13.9. The summed E-state index contributed by atoms with van der Waals surface area (Å²) in [5.41, 5.74) is 3.11. The van der Waals surface area contributed by atoms with Crippen LogP contribution in [0.15, 0.2) is 12.1 Å². The molecule has 0 amide bonds. The van der Waals surface area contributed by atoms with Crippen molar-refractivity contribution >= 4 is 5.69 Å². The van der Waals surface area contributed by atoms with Crippen LogP contribution in [0.25, 0.3) is 0 Å². The van der Waals surface area contributed by atoms with E-state index in [1.807, 2.05) is 14.0 Å². The maximum absolute atomic E-state index is 14.0. The number of nitrogens with zero attached hydrogens (tertiary/aromatic N) is 1. The van der Waals surface area contributed by atoms with Crippen molar-refractivity contribution in [3.05, 3.63) is 29.1 Å². The lowest BCUT2D eigenvalue weighted by atomic mass is 10.0. The molecule has 0 bridgehead atoms. The first-order valence-corrected chi connectivity index (χ1v) is 7.84. The standard InChI is InChI=1S/C17H25FN2/c1-11-8-17(15(9-16(11)18)12(2)19-3)20(14-6-7-14)10-13-4-5-13/h8-9,12-14,19H,4-7,10H2,1-3H3. The number of aryl methyl sites for hydroxylation is 1. The van der Waals surface area contributed by atoms with Crippen molar-refractivity contribution in [3.63, 3.8) is 0 Å². The van der Waals surface area contributed by atoms with E-state index in [1.165, 1.54) is 31.4 Å². The Labute approximate surface area is 121 Å². The number of hydrogen-bond donors (Lipinski definition) is 1. The highest BCUT2D eigenvalue weighted by Crippen LogP contribution is 2.40. The zero-order valence-electron chi connectivity index (χ0n) is 12.7. The Balaban J connectivity index is 1.97. The molecule has 1 aromatic carbocycles. The summed E-state index contributed by atoms with van der Waals surface area (Å²) in [5, 5.41) is 3.26. The van der Waals surface area contributed by atoms with Crippen LogP contribution in [0, 0.1) is 18.7 Å². The average molecular weight is 276 g/mol. The average Bonchev–Trinajstić information content (AvgIpc) is 3.30. The van der Waals surface area contributed by atoms with Crippen LogP contribution in [0.1, 0.15) is 49.8 Å². The molecule has 2 aliphatic rings. The molecule has 1 atom stereocenters. The first-order chi connectivity index (χ1) is 9.60. The third-order valence-corrected chi connectivity index (χ3v) is 4.66. The lowest BCUT2D eigenvalue weighted by molar-refractivity contribution is 0.597. The Hall–Kier alpha value is -1.09. The molecule has 20 heavy (non-hydrogen) atoms. The van der Waals surface area contributed by atoms with Crippen LogP contribution in [0.2, 0.25) is 0 Å². The predicted molar refractivity (Wildman–Crippen MR) is 81.7 cm³/mol. The Kier molecular flexibility index (Phi) is 3.72. The number of halogens is 1. The van der Waals surface area contributed by atoms with Crippen LogP contribution in [-0.4, -0.2) is 19.6 Å². The van der Waals surface area contributed by atoms with Crippen molar-refractivity contribution in [3.8, 4) is 0 Å². The maximum atomic E-state index is 14.0. The van der Waals surface area contributed by atoms with Crippen molar-refractivity contribution in [2.45, 2.75) is 51.6 Å². The van der Waals surface area contributed by atoms with E-state index in [4.69, 9.17) is 0 Å². The zero-order chi connectivity index (χ0) is 14.3. The molecule has 110 valence electrons. The van der Waals surface area contributed by atoms with Gasteiger partial charge in [-0.15, -0.1) is 0 Å². The third-order valence-electron chi connectivity index (χ3n) is 4.66. The number of nitrogens with one attached hydrogen (secondary N) is 1. The third kappa shape index (κ3) is 2.83. The molecule has 1 N–H and O–H groups in total. The molecule has 3 heteroatoms. The van der Waals surface area contributed by atoms with E-state index >= 15 is 0 Å². The monoisotopic (exact) mass is 276 g/mol. The summed E-state index contributed by atoms with van der Waals surface area (Å²) in [6.07, 6.45) is 5.30. The molecule has 2 aliphatic carbocycles. The lowest BCUT2D eigenvalue weighted by Gasteiger charge is -2.29. The molecule has 0 heterocycles. The number of anilines is 1. The van der Waals surface area contributed by atoms with Crippen LogP contribution in [0.4, 0.5) is 10.1 Å². The highest BCUT2D eigenvalue weighted by atomic mass is 19.1. The minimum atomic E-state index is -0.0898. The molecule has 1 aromatic rings. The molecule has 1 unspecified atom stereocenters. The zero-order valence-corrected chi connectivity index (χ0v) is 12.7. The molecular weight excluding hydrogens is 251 g/mol. The van der Waals surface area contributed by atoms with Crippen molar-refractivity contribution in [2.75, 3.05) is 18.5 Å². The highest BCUT2D eigenvalue weighted by Gasteiger charge is 2.35. The second kappa shape index (κ2) is 5.36. The van der Waals surface area contributed by atoms with Gasteiger partial charge in [0.25, 0.3) is 0 Å². The summed E-state index contributed by atoms with van der Waals surface area (Å²) < 4.78 is 14.0. The summed E-state index contributed by atoms with van der Waals surface area (Å²) in [7, 11) is 1.94. The first-order valence-electron chi connectivity index (χ1n) is 7.84. The van der Waals surface area contributed by atoms with Crippen LogP contribution >= 0.6 is 0 Å². The van der Waals surface area contributed by atoms with Gasteiger partial charge in [0.05, 0.1) is 0 Å². The van der Waals surface area contributed by atoms with Gasteiger partial charge in [-0.3, -0.25) is 0 Å². The summed E-state index contributed by atoms with van der Waals surface area (Å²) >= 11 is 0. The quantitative estimate of drug-likeness (QED) is 0.850. The Morgan fingerprint density at radius 1 is 1.30 bits per heavy atom. The topological polar surface area (TPSA) is 15.3 Å². The smallest absolute Gasteiger partial charge is 0.126 e. The second-order valence-corrected chi connectivity index (χ2v) is 6.50. The van der Waals surface area contributed by atoms with Gasteiger partial charge in [0.15, 0.2) is 0 Å². The van der Waals surface area contributed by atoms with E-state index in [2.05, 4.69) is 23.2 Å². The van der Waals surface area contributed by atoms with Gasteiger partial charge in [-0.25, -0.2) is 4.39 Å². The minimum Gasteiger partial charge on any atom is -0.368 e. The summed E-state index contributed by atoms with van der Waals surface area (Å²) in [4.78, 5) is 2.55. The van der Waals surface area contributed by atoms with Crippen LogP contribution in [0.3, 0.4) is 0 Å². The maximum Gasteiger partial charge on any atom is 0.126 e. The molecule has 0 saturated heterocycles. The van der Waals surface area contributed by atoms with Crippen molar-refractivity contribution in [2.24, 2.45) is 5.92 Å². The fraction of sp³-hybridized carbons (Fsp3) is 0.647. The molecular formula is C17H25FN2. The van der Waals surface area contributed by atoms with Gasteiger partial charge in [0.2, 0.25) is 0 Å². The molecule has 3 rings (SSSR count). The molecule has 2 fully saturated rings. The second-order valence-electron chi connectivity index (χ2n) is 6.50. The van der Waals surface area contributed by atoms with Gasteiger partial charge >= 0.3 is 0 Å². The van der Waals surface area contributed by atoms with Gasteiger partial charge in [0, 0.05) is 24.3 Å². The van der Waals surface area contributed by atoms with Gasteiger partial charge in [-0.05, 0) is 75.8 Å². The van der Waals surface area contributed by atoms with Crippen LogP contribution in [-0.2, 0) is 0 Å². The minimum absolute atomic E-state index is 0.0898. The Morgan fingerprint density at radius 3 is 2.55 bits per heavy atom. The Morgan fingerprint density at radius 2 is 2.00 bits per heavy atom. The van der Waals surface area contributed by atoms with Gasteiger partial charge in [-0.2, -0.15) is 0 Å². The Bertz CT molecular complexity index is 492. The molecule has 2 nitrogen and oxygen atoms in total. The molecule has 0 spiro atoms. The van der Waals surface area contributed by atoms with E-state index in [0.29, 0.717) is 6.04 Å². The summed E-state index contributed by atoms with van der Waals surface area (Å²) in [6.45, 7) is 5.13. The molecule has 0 radical (unpaired) electrons. The van der Waals surface area contributed by atoms with Gasteiger partial charge in [-0.1, -0.05) is 0 Å².